The molecule has 152 valence electrons. The molecular weight excluding hydrogens is 376 g/mol. The van der Waals surface area contributed by atoms with Crippen molar-refractivity contribution in [2.45, 2.75) is 13.0 Å². The maximum absolute atomic E-state index is 13.4. The molecule has 1 amide bonds. The Balaban J connectivity index is 1.49. The summed E-state index contributed by atoms with van der Waals surface area (Å²) in [6, 6.07) is 15.5. The van der Waals surface area contributed by atoms with E-state index in [0.29, 0.717) is 35.8 Å². The number of anilines is 2. The summed E-state index contributed by atoms with van der Waals surface area (Å²) in [5.74, 6) is 1.76. The summed E-state index contributed by atoms with van der Waals surface area (Å²) in [5.41, 5.74) is 8.76. The van der Waals surface area contributed by atoms with Crippen LogP contribution < -0.4 is 10.6 Å². The molecule has 2 fully saturated rings. The minimum atomic E-state index is -0.00925. The first-order valence-electron chi connectivity index (χ1n) is 10.2. The van der Waals surface area contributed by atoms with Gasteiger partial charge in [-0.1, -0.05) is 30.3 Å². The molecular formula is C23H24N6O. The van der Waals surface area contributed by atoms with Gasteiger partial charge in [-0.3, -0.25) is 9.78 Å². The summed E-state index contributed by atoms with van der Waals surface area (Å²) in [6.07, 6.45) is 3.37. The van der Waals surface area contributed by atoms with E-state index in [1.165, 1.54) is 11.1 Å². The largest absolute Gasteiger partial charge is 0.384 e. The quantitative estimate of drug-likeness (QED) is 0.727. The topological polar surface area (TPSA) is 88.2 Å². The number of rotatable bonds is 3. The van der Waals surface area contributed by atoms with Crippen molar-refractivity contribution in [3.63, 3.8) is 0 Å². The van der Waals surface area contributed by atoms with Gasteiger partial charge in [0.1, 0.15) is 11.5 Å². The Morgan fingerprint density at radius 2 is 1.83 bits per heavy atom. The molecule has 0 aliphatic carbocycles. The molecule has 0 spiro atoms. The zero-order valence-electron chi connectivity index (χ0n) is 16.8. The molecule has 3 atom stereocenters. The van der Waals surface area contributed by atoms with E-state index >= 15 is 0 Å². The predicted octanol–water partition coefficient (Wildman–Crippen LogP) is 2.71. The predicted molar refractivity (Wildman–Crippen MR) is 115 cm³/mol. The van der Waals surface area contributed by atoms with Crippen LogP contribution in [0.1, 0.15) is 27.7 Å². The molecule has 2 N–H and O–H groups in total. The molecule has 0 radical (unpaired) electrons. The first-order chi connectivity index (χ1) is 14.6. The minimum absolute atomic E-state index is 0.00300. The Labute approximate surface area is 175 Å². The highest BCUT2D eigenvalue weighted by Gasteiger charge is 2.50. The number of carbonyl (C=O) groups excluding carboxylic acids is 1. The highest BCUT2D eigenvalue weighted by molar-refractivity contribution is 5.93. The lowest BCUT2D eigenvalue weighted by Crippen LogP contribution is -2.36. The van der Waals surface area contributed by atoms with Crippen LogP contribution in [0.25, 0.3) is 0 Å². The van der Waals surface area contributed by atoms with Crippen molar-refractivity contribution in [3.8, 4) is 0 Å². The zero-order chi connectivity index (χ0) is 20.7. The van der Waals surface area contributed by atoms with Gasteiger partial charge in [-0.2, -0.15) is 4.98 Å². The van der Waals surface area contributed by atoms with Crippen molar-refractivity contribution in [3.05, 3.63) is 77.7 Å². The fourth-order valence-electron chi connectivity index (χ4n) is 4.89. The van der Waals surface area contributed by atoms with Crippen LogP contribution in [0.15, 0.2) is 60.9 Å². The molecule has 2 aromatic heterocycles. The van der Waals surface area contributed by atoms with Crippen LogP contribution in [-0.4, -0.2) is 45.4 Å². The highest BCUT2D eigenvalue weighted by Crippen LogP contribution is 2.46. The van der Waals surface area contributed by atoms with E-state index < -0.39 is 0 Å². The Morgan fingerprint density at radius 3 is 2.60 bits per heavy atom. The number of nitrogens with two attached hydrogens (primary N) is 1. The average molecular weight is 400 g/mol. The van der Waals surface area contributed by atoms with E-state index in [1.54, 1.807) is 24.5 Å². The molecule has 4 heterocycles. The molecule has 2 aliphatic rings. The van der Waals surface area contributed by atoms with Crippen molar-refractivity contribution >= 4 is 17.7 Å². The van der Waals surface area contributed by atoms with Crippen LogP contribution in [0.2, 0.25) is 0 Å². The second kappa shape index (κ2) is 7.40. The maximum atomic E-state index is 13.4. The smallest absolute Gasteiger partial charge is 0.272 e. The Kier molecular flexibility index (Phi) is 4.58. The molecule has 2 saturated heterocycles. The molecule has 7 heteroatoms. The SMILES string of the molecule is Cc1ccccc1[C@@H]1[C@H]2CN(c3nccc(N)n3)C[C@H]2CN1C(=O)c1ccccn1. The first-order valence-corrected chi connectivity index (χ1v) is 10.2. The van der Waals surface area contributed by atoms with Gasteiger partial charge in [0.25, 0.3) is 5.91 Å². The summed E-state index contributed by atoms with van der Waals surface area (Å²) in [7, 11) is 0. The van der Waals surface area contributed by atoms with Crippen molar-refractivity contribution in [2.24, 2.45) is 11.8 Å². The van der Waals surface area contributed by atoms with Crippen molar-refractivity contribution < 1.29 is 4.79 Å². The number of aromatic nitrogens is 3. The van der Waals surface area contributed by atoms with Gasteiger partial charge in [-0.25, -0.2) is 4.98 Å². The fourth-order valence-corrected chi connectivity index (χ4v) is 4.89. The van der Waals surface area contributed by atoms with Crippen LogP contribution in [0, 0.1) is 18.8 Å². The van der Waals surface area contributed by atoms with Crippen LogP contribution >= 0.6 is 0 Å². The number of benzene rings is 1. The number of carbonyl (C=O) groups is 1. The van der Waals surface area contributed by atoms with Crippen LogP contribution in [0.3, 0.4) is 0 Å². The Bertz CT molecular complexity index is 1070. The van der Waals surface area contributed by atoms with Crippen molar-refractivity contribution in [2.75, 3.05) is 30.3 Å². The van der Waals surface area contributed by atoms with Crippen LogP contribution in [-0.2, 0) is 0 Å². The lowest BCUT2D eigenvalue weighted by atomic mass is 9.87. The third-order valence-corrected chi connectivity index (χ3v) is 6.26. The van der Waals surface area contributed by atoms with Gasteiger partial charge >= 0.3 is 0 Å². The molecule has 5 rings (SSSR count). The van der Waals surface area contributed by atoms with E-state index in [1.807, 2.05) is 29.2 Å². The van der Waals surface area contributed by atoms with Gasteiger partial charge < -0.3 is 15.5 Å². The number of aryl methyl sites for hydroxylation is 1. The summed E-state index contributed by atoms with van der Waals surface area (Å²) in [5, 5.41) is 0. The van der Waals surface area contributed by atoms with E-state index in [2.05, 4.69) is 38.9 Å². The summed E-state index contributed by atoms with van der Waals surface area (Å²) in [6.45, 7) is 4.40. The fraction of sp³-hybridized carbons (Fsp3) is 0.304. The molecule has 3 aromatic rings. The second-order valence-electron chi connectivity index (χ2n) is 8.08. The van der Waals surface area contributed by atoms with E-state index in [-0.39, 0.29) is 11.9 Å². The van der Waals surface area contributed by atoms with E-state index in [4.69, 9.17) is 5.73 Å². The normalized spacial score (nSPS) is 22.9. The molecule has 30 heavy (non-hydrogen) atoms. The molecule has 0 saturated carbocycles. The third-order valence-electron chi connectivity index (χ3n) is 6.26. The number of amides is 1. The lowest BCUT2D eigenvalue weighted by Gasteiger charge is -2.30. The Hall–Kier alpha value is -3.48. The van der Waals surface area contributed by atoms with Gasteiger partial charge in [0.15, 0.2) is 0 Å². The van der Waals surface area contributed by atoms with Crippen molar-refractivity contribution in [1.82, 2.24) is 19.9 Å². The monoisotopic (exact) mass is 400 g/mol. The number of nitrogens with zero attached hydrogens (tertiary/aromatic N) is 5. The standard InChI is InChI=1S/C23H24N6O/c1-15-6-2-3-7-17(15)21-18-14-28(23-26-11-9-20(24)27-23)12-16(18)13-29(21)22(30)19-8-4-5-10-25-19/h2-11,16,18,21H,12-14H2,1H3,(H2,24,26,27)/t16-,18-,21+/m0/s1. The van der Waals surface area contributed by atoms with Crippen LogP contribution in [0.5, 0.6) is 0 Å². The summed E-state index contributed by atoms with van der Waals surface area (Å²) >= 11 is 0. The number of hydrogen-bond acceptors (Lipinski definition) is 6. The minimum Gasteiger partial charge on any atom is -0.384 e. The molecule has 0 bridgehead atoms. The third kappa shape index (κ3) is 3.16. The number of nitrogen functional groups attached to an aromatic ring is 1. The highest BCUT2D eigenvalue weighted by atomic mass is 16.2. The van der Waals surface area contributed by atoms with Gasteiger partial charge in [0, 0.05) is 43.9 Å². The summed E-state index contributed by atoms with van der Waals surface area (Å²) < 4.78 is 0. The molecule has 1 aromatic carbocycles. The number of pyridine rings is 1. The summed E-state index contributed by atoms with van der Waals surface area (Å²) in [4.78, 5) is 30.7. The van der Waals surface area contributed by atoms with Gasteiger partial charge in [-0.15, -0.1) is 0 Å². The average Bonchev–Trinajstić information content (AvgIpc) is 3.33. The van der Waals surface area contributed by atoms with Gasteiger partial charge in [0.05, 0.1) is 6.04 Å². The number of hydrogen-bond donors (Lipinski definition) is 1. The maximum Gasteiger partial charge on any atom is 0.272 e. The Morgan fingerprint density at radius 1 is 1.00 bits per heavy atom. The number of likely N-dealkylation sites (tertiary alicyclic amines) is 1. The van der Waals surface area contributed by atoms with E-state index in [9.17, 15) is 4.79 Å². The van der Waals surface area contributed by atoms with Crippen LogP contribution in [0.4, 0.5) is 11.8 Å². The molecule has 0 unspecified atom stereocenters. The van der Waals surface area contributed by atoms with Crippen molar-refractivity contribution in [1.29, 1.82) is 0 Å². The number of fused-ring (bicyclic) bond motifs is 1. The zero-order valence-corrected chi connectivity index (χ0v) is 16.8. The van der Waals surface area contributed by atoms with Gasteiger partial charge in [-0.05, 0) is 36.2 Å². The second-order valence-corrected chi connectivity index (χ2v) is 8.08. The molecule has 7 nitrogen and oxygen atoms in total. The first kappa shape index (κ1) is 18.5. The molecule has 2 aliphatic heterocycles. The lowest BCUT2D eigenvalue weighted by molar-refractivity contribution is 0.0709. The van der Waals surface area contributed by atoms with Gasteiger partial charge in [0.2, 0.25) is 5.95 Å². The van der Waals surface area contributed by atoms with E-state index in [0.717, 1.165) is 13.1 Å².